The predicted molar refractivity (Wildman–Crippen MR) is 212 cm³/mol. The van der Waals surface area contributed by atoms with Crippen molar-refractivity contribution >= 4 is 35.3 Å². The summed E-state index contributed by atoms with van der Waals surface area (Å²) in [5, 5.41) is 7.74. The van der Waals surface area contributed by atoms with Crippen LogP contribution in [0.15, 0.2) is 41.3 Å². The molecule has 3 aromatic rings. The molecule has 0 bridgehead atoms. The summed E-state index contributed by atoms with van der Waals surface area (Å²) in [5.41, 5.74) is 6.16. The third-order valence-corrected chi connectivity index (χ3v) is 11.8. The van der Waals surface area contributed by atoms with Crippen molar-refractivity contribution < 1.29 is 33.4 Å². The van der Waals surface area contributed by atoms with Gasteiger partial charge in [0.05, 0.1) is 37.5 Å². The molecule has 15 nitrogen and oxygen atoms in total. The van der Waals surface area contributed by atoms with E-state index in [0.29, 0.717) is 79.8 Å². The number of imide groups is 2. The third-order valence-electron chi connectivity index (χ3n) is 11.8. The largest absolute Gasteiger partial charge is 0.496 e. The molecule has 15 heteroatoms. The standard InChI is InChI=1S/C37H44N6O6.C5H7NO2/c1-40(2)18-31-32(48-4)12-22(13-33(31)49-5)29-19-41(3)36(46)30-20-42(9-8-26(29)30)37(47)38-15-21-10-23-16-43(17-24(23)11-21)25-6-7-27-28(14-25)35(45)39-34(27)44;7-4-2-1-3-5(8)6-4/h6-7,12-14,19,21,23-24H,8-11,15-18,20H2,1-5H3,(H,38,47)(H,39,44,45);1-3H2,(H,6,7,8). The van der Waals surface area contributed by atoms with Gasteiger partial charge in [-0.2, -0.15) is 0 Å². The fourth-order valence-electron chi connectivity index (χ4n) is 9.02. The number of methoxy groups -OCH3 is 2. The molecular weight excluding hydrogens is 731 g/mol. The molecule has 8 rings (SSSR count). The molecule has 2 saturated heterocycles. The van der Waals surface area contributed by atoms with Crippen LogP contribution in [0.5, 0.6) is 11.5 Å². The zero-order valence-electron chi connectivity index (χ0n) is 33.2. The number of benzene rings is 2. The summed E-state index contributed by atoms with van der Waals surface area (Å²) in [4.78, 5) is 77.7. The highest BCUT2D eigenvalue weighted by Crippen LogP contribution is 2.43. The molecule has 4 aliphatic heterocycles. The lowest BCUT2D eigenvalue weighted by atomic mass is 9.91. The second kappa shape index (κ2) is 16.4. The first-order chi connectivity index (χ1) is 27.3. The average Bonchev–Trinajstić information content (AvgIpc) is 3.86. The Kier molecular flexibility index (Phi) is 11.4. The van der Waals surface area contributed by atoms with E-state index < -0.39 is 0 Å². The van der Waals surface area contributed by atoms with E-state index in [1.54, 1.807) is 36.8 Å². The van der Waals surface area contributed by atoms with Gasteiger partial charge in [0.1, 0.15) is 11.5 Å². The highest BCUT2D eigenvalue weighted by Gasteiger charge is 2.41. The van der Waals surface area contributed by atoms with Crippen LogP contribution in [-0.2, 0) is 36.1 Å². The Labute approximate surface area is 331 Å². The summed E-state index contributed by atoms with van der Waals surface area (Å²) in [5.74, 6) is 1.93. The molecule has 0 spiro atoms. The number of pyridine rings is 1. The van der Waals surface area contributed by atoms with Crippen LogP contribution in [0.1, 0.15) is 69.5 Å². The van der Waals surface area contributed by atoms with Gasteiger partial charge in [0.2, 0.25) is 11.8 Å². The number of nitrogens with zero attached hydrogens (tertiary/aromatic N) is 4. The minimum Gasteiger partial charge on any atom is -0.496 e. The molecule has 2 aromatic carbocycles. The molecule has 2 unspecified atom stereocenters. The predicted octanol–water partition coefficient (Wildman–Crippen LogP) is 3.06. The van der Waals surface area contributed by atoms with E-state index in [9.17, 15) is 28.8 Å². The Morgan fingerprint density at radius 1 is 0.842 bits per heavy atom. The number of hydrogen-bond donors (Lipinski definition) is 3. The smallest absolute Gasteiger partial charge is 0.317 e. The summed E-state index contributed by atoms with van der Waals surface area (Å²) < 4.78 is 13.1. The molecule has 3 N–H and O–H groups in total. The molecule has 5 aliphatic rings. The highest BCUT2D eigenvalue weighted by molar-refractivity contribution is 6.21. The molecule has 1 aliphatic carbocycles. The van der Waals surface area contributed by atoms with Crippen molar-refractivity contribution in [1.82, 2.24) is 30.3 Å². The molecule has 1 aromatic heterocycles. The molecule has 1 saturated carbocycles. The summed E-state index contributed by atoms with van der Waals surface area (Å²) in [7, 11) is 9.05. The molecular formula is C42H51N7O8. The summed E-state index contributed by atoms with van der Waals surface area (Å²) in [6.07, 6.45) is 6.22. The summed E-state index contributed by atoms with van der Waals surface area (Å²) in [6, 6.07) is 9.37. The van der Waals surface area contributed by atoms with E-state index in [1.165, 1.54) is 0 Å². The van der Waals surface area contributed by atoms with Crippen molar-refractivity contribution in [2.24, 2.45) is 24.8 Å². The Bertz CT molecular complexity index is 2130. The Hall–Kier alpha value is -5.70. The quantitative estimate of drug-likeness (QED) is 0.289. The number of anilines is 1. The Morgan fingerprint density at radius 3 is 2.09 bits per heavy atom. The lowest BCUT2D eigenvalue weighted by Gasteiger charge is -2.31. The van der Waals surface area contributed by atoms with Crippen LogP contribution < -0.4 is 35.9 Å². The third kappa shape index (κ3) is 8.24. The Morgan fingerprint density at radius 2 is 1.49 bits per heavy atom. The van der Waals surface area contributed by atoms with Gasteiger partial charge in [-0.3, -0.25) is 34.6 Å². The van der Waals surface area contributed by atoms with Gasteiger partial charge >= 0.3 is 6.03 Å². The molecule has 0 radical (unpaired) electrons. The van der Waals surface area contributed by atoms with Crippen LogP contribution in [0.2, 0.25) is 0 Å². The van der Waals surface area contributed by atoms with Crippen LogP contribution in [-0.4, -0.2) is 98.5 Å². The van der Waals surface area contributed by atoms with Crippen molar-refractivity contribution in [2.75, 3.05) is 59.4 Å². The number of carbonyl (C=O) groups excluding carboxylic acids is 5. The van der Waals surface area contributed by atoms with Crippen molar-refractivity contribution in [3.63, 3.8) is 0 Å². The summed E-state index contributed by atoms with van der Waals surface area (Å²) >= 11 is 0. The van der Waals surface area contributed by atoms with E-state index in [4.69, 9.17) is 9.47 Å². The maximum absolute atomic E-state index is 13.4. The first-order valence-electron chi connectivity index (χ1n) is 19.5. The van der Waals surface area contributed by atoms with Crippen molar-refractivity contribution in [2.45, 2.75) is 51.6 Å². The Balaban J connectivity index is 0.000000554. The average molecular weight is 782 g/mol. The van der Waals surface area contributed by atoms with Crippen LogP contribution in [0.4, 0.5) is 10.5 Å². The zero-order chi connectivity index (χ0) is 40.5. The van der Waals surface area contributed by atoms with E-state index in [2.05, 4.69) is 25.8 Å². The number of nitrogens with one attached hydrogen (secondary N) is 3. The fraction of sp³-hybridized carbons (Fsp3) is 0.476. The minimum absolute atomic E-state index is 0.0943. The number of hydrogen-bond acceptors (Lipinski definition) is 10. The van der Waals surface area contributed by atoms with Crippen LogP contribution >= 0.6 is 0 Å². The second-order valence-corrected chi connectivity index (χ2v) is 16.0. The maximum Gasteiger partial charge on any atom is 0.317 e. The first kappa shape index (κ1) is 39.5. The molecule has 302 valence electrons. The SMILES string of the molecule is COc1cc(-c2cn(C)c(=O)c3c2CCN(C(=O)NCC2CC4CN(c5ccc6c(c5)C(=O)NC6=O)CC4C2)C3)cc(OC)c1CN(C)C.O=C1CCCC(=O)N1. The monoisotopic (exact) mass is 781 g/mol. The van der Waals surface area contributed by atoms with Crippen molar-refractivity contribution in [1.29, 1.82) is 0 Å². The maximum atomic E-state index is 13.4. The van der Waals surface area contributed by atoms with E-state index in [0.717, 1.165) is 65.4 Å². The number of fused-ring (bicyclic) bond motifs is 3. The topological polar surface area (TPSA) is 172 Å². The van der Waals surface area contributed by atoms with Crippen LogP contribution in [0.3, 0.4) is 0 Å². The van der Waals surface area contributed by atoms with E-state index in [1.807, 2.05) is 44.6 Å². The molecule has 2 atom stereocenters. The lowest BCUT2D eigenvalue weighted by Crippen LogP contribution is -2.46. The minimum atomic E-state index is -0.334. The van der Waals surface area contributed by atoms with E-state index >= 15 is 0 Å². The van der Waals surface area contributed by atoms with Crippen molar-refractivity contribution in [3.05, 3.63) is 74.7 Å². The number of aromatic nitrogens is 1. The van der Waals surface area contributed by atoms with Gasteiger partial charge in [0, 0.05) is 75.6 Å². The van der Waals surface area contributed by atoms with Gasteiger partial charge in [0.15, 0.2) is 0 Å². The molecule has 3 fully saturated rings. The normalized spacial score (nSPS) is 21.0. The van der Waals surface area contributed by atoms with Gasteiger partial charge < -0.3 is 34.1 Å². The number of piperidine rings is 1. The van der Waals surface area contributed by atoms with Gasteiger partial charge in [-0.15, -0.1) is 0 Å². The molecule has 57 heavy (non-hydrogen) atoms. The van der Waals surface area contributed by atoms with Gasteiger partial charge in [-0.25, -0.2) is 4.79 Å². The summed E-state index contributed by atoms with van der Waals surface area (Å²) in [6.45, 7) is 3.82. The highest BCUT2D eigenvalue weighted by atomic mass is 16.5. The van der Waals surface area contributed by atoms with Crippen LogP contribution in [0.25, 0.3) is 11.1 Å². The number of rotatable bonds is 8. The molecule has 6 amide bonds. The number of urea groups is 1. The van der Waals surface area contributed by atoms with Gasteiger partial charge in [-0.05, 0) is 99.0 Å². The van der Waals surface area contributed by atoms with Gasteiger partial charge in [-0.1, -0.05) is 0 Å². The fourth-order valence-corrected chi connectivity index (χ4v) is 9.02. The second-order valence-electron chi connectivity index (χ2n) is 16.0. The molecule has 5 heterocycles. The van der Waals surface area contributed by atoms with E-state index in [-0.39, 0.29) is 41.8 Å². The van der Waals surface area contributed by atoms with Crippen LogP contribution in [0, 0.1) is 17.8 Å². The zero-order valence-corrected chi connectivity index (χ0v) is 33.2. The first-order valence-corrected chi connectivity index (χ1v) is 19.5. The number of ether oxygens (including phenoxy) is 2. The lowest BCUT2D eigenvalue weighted by molar-refractivity contribution is -0.133. The number of carbonyl (C=O) groups is 5. The van der Waals surface area contributed by atoms with Crippen molar-refractivity contribution in [3.8, 4) is 22.6 Å². The number of aryl methyl sites for hydroxylation is 1. The van der Waals surface area contributed by atoms with Gasteiger partial charge in [0.25, 0.3) is 17.4 Å². The number of amides is 6.